The summed E-state index contributed by atoms with van der Waals surface area (Å²) < 4.78 is 5.38. The van der Waals surface area contributed by atoms with E-state index < -0.39 is 5.97 Å². The molecular weight excluding hydrogens is 278 g/mol. The van der Waals surface area contributed by atoms with Gasteiger partial charge in [0.2, 0.25) is 5.91 Å². The Balaban J connectivity index is 1.89. The largest absolute Gasteiger partial charge is 0.481 e. The highest BCUT2D eigenvalue weighted by Gasteiger charge is 2.28. The van der Waals surface area contributed by atoms with Crippen LogP contribution in [-0.4, -0.2) is 47.7 Å². The van der Waals surface area contributed by atoms with Crippen molar-refractivity contribution in [2.45, 2.75) is 25.9 Å². The average Bonchev–Trinajstić information content (AvgIpc) is 2.90. The quantitative estimate of drug-likeness (QED) is 0.897. The summed E-state index contributed by atoms with van der Waals surface area (Å²) in [5.74, 6) is -0.898. The predicted molar refractivity (Wildman–Crippen MR) is 75.8 cm³/mol. The van der Waals surface area contributed by atoms with Gasteiger partial charge in [0.05, 0.1) is 19.1 Å². The minimum Gasteiger partial charge on any atom is -0.481 e. The standard InChI is InChI=1S/C14H19NO4S/c1-10(7-12-3-2-6-20-12)14(18)15-4-5-19-11(9-15)8-13(16)17/h2-3,6,10-11H,4-5,7-9H2,1H3,(H,16,17)/t10-,11-/m0/s1. The number of carbonyl (C=O) groups is 2. The number of hydrogen-bond acceptors (Lipinski definition) is 4. The molecule has 6 heteroatoms. The van der Waals surface area contributed by atoms with Crippen LogP contribution in [0.1, 0.15) is 18.2 Å². The Morgan fingerprint density at radius 3 is 3.05 bits per heavy atom. The fraction of sp³-hybridized carbons (Fsp3) is 0.571. The molecule has 0 spiro atoms. The molecule has 2 heterocycles. The number of aliphatic carboxylic acids is 1. The van der Waals surface area contributed by atoms with Gasteiger partial charge in [-0.1, -0.05) is 13.0 Å². The molecule has 0 aromatic carbocycles. The summed E-state index contributed by atoms with van der Waals surface area (Å²) in [6.07, 6.45) is 0.291. The molecule has 1 fully saturated rings. The molecule has 1 aromatic rings. The summed E-state index contributed by atoms with van der Waals surface area (Å²) >= 11 is 1.65. The number of thiophene rings is 1. The number of morpholine rings is 1. The summed E-state index contributed by atoms with van der Waals surface area (Å²) in [6.45, 7) is 3.25. The van der Waals surface area contributed by atoms with Crippen LogP contribution in [0.5, 0.6) is 0 Å². The Labute approximate surface area is 122 Å². The van der Waals surface area contributed by atoms with Gasteiger partial charge in [0.25, 0.3) is 0 Å². The van der Waals surface area contributed by atoms with Gasteiger partial charge in [-0.25, -0.2) is 0 Å². The summed E-state index contributed by atoms with van der Waals surface area (Å²) in [4.78, 5) is 26.0. The van der Waals surface area contributed by atoms with Crippen LogP contribution in [0, 0.1) is 5.92 Å². The first-order valence-corrected chi connectivity index (χ1v) is 7.58. The molecule has 1 N–H and O–H groups in total. The fourth-order valence-electron chi connectivity index (χ4n) is 2.37. The zero-order valence-electron chi connectivity index (χ0n) is 11.4. The van der Waals surface area contributed by atoms with Gasteiger partial charge in [-0.2, -0.15) is 0 Å². The molecule has 0 radical (unpaired) electrons. The van der Waals surface area contributed by atoms with Crippen LogP contribution in [-0.2, 0) is 20.7 Å². The van der Waals surface area contributed by atoms with Crippen molar-refractivity contribution < 1.29 is 19.4 Å². The predicted octanol–water partition coefficient (Wildman–Crippen LogP) is 1.63. The van der Waals surface area contributed by atoms with Crippen molar-refractivity contribution in [3.63, 3.8) is 0 Å². The van der Waals surface area contributed by atoms with Gasteiger partial charge < -0.3 is 14.7 Å². The van der Waals surface area contributed by atoms with E-state index in [1.165, 1.54) is 4.88 Å². The summed E-state index contributed by atoms with van der Waals surface area (Å²) in [5, 5.41) is 10.8. The lowest BCUT2D eigenvalue weighted by molar-refractivity contribution is -0.149. The lowest BCUT2D eigenvalue weighted by Crippen LogP contribution is -2.48. The highest BCUT2D eigenvalue weighted by molar-refractivity contribution is 7.09. The van der Waals surface area contributed by atoms with Gasteiger partial charge in [0.1, 0.15) is 0 Å². The molecule has 1 aliphatic rings. The highest BCUT2D eigenvalue weighted by atomic mass is 32.1. The Hall–Kier alpha value is -1.40. The molecule has 0 bridgehead atoms. The lowest BCUT2D eigenvalue weighted by Gasteiger charge is -2.33. The Kier molecular flexibility index (Phi) is 5.14. The maximum absolute atomic E-state index is 12.4. The normalized spacial score (nSPS) is 20.6. The number of nitrogens with zero attached hydrogens (tertiary/aromatic N) is 1. The summed E-state index contributed by atoms with van der Waals surface area (Å²) in [7, 11) is 0. The van der Waals surface area contributed by atoms with Crippen molar-refractivity contribution in [1.82, 2.24) is 4.90 Å². The van der Waals surface area contributed by atoms with E-state index >= 15 is 0 Å². The third kappa shape index (κ3) is 4.05. The molecule has 0 aliphatic carbocycles. The van der Waals surface area contributed by atoms with Crippen molar-refractivity contribution in [3.8, 4) is 0 Å². The van der Waals surface area contributed by atoms with Crippen LogP contribution in [0.15, 0.2) is 17.5 Å². The third-order valence-corrected chi connectivity index (χ3v) is 4.26. The molecule has 5 nitrogen and oxygen atoms in total. The first kappa shape index (κ1) is 15.0. The number of hydrogen-bond donors (Lipinski definition) is 1. The van der Waals surface area contributed by atoms with E-state index in [0.717, 1.165) is 6.42 Å². The molecule has 0 saturated carbocycles. The average molecular weight is 297 g/mol. The van der Waals surface area contributed by atoms with Gasteiger partial charge in [-0.15, -0.1) is 11.3 Å². The van der Waals surface area contributed by atoms with E-state index in [1.54, 1.807) is 16.2 Å². The van der Waals surface area contributed by atoms with Crippen molar-refractivity contribution in [2.75, 3.05) is 19.7 Å². The minimum atomic E-state index is -0.893. The third-order valence-electron chi connectivity index (χ3n) is 3.36. The summed E-state index contributed by atoms with van der Waals surface area (Å²) in [6, 6.07) is 4.01. The molecular formula is C14H19NO4S. The zero-order valence-corrected chi connectivity index (χ0v) is 12.3. The number of carboxylic acids is 1. The maximum Gasteiger partial charge on any atom is 0.306 e. The monoisotopic (exact) mass is 297 g/mol. The van der Waals surface area contributed by atoms with Gasteiger partial charge in [-0.05, 0) is 17.9 Å². The van der Waals surface area contributed by atoms with Crippen LogP contribution < -0.4 is 0 Å². The fourth-order valence-corrected chi connectivity index (χ4v) is 3.20. The van der Waals surface area contributed by atoms with E-state index in [-0.39, 0.29) is 24.3 Å². The Bertz CT molecular complexity index is 460. The second-order valence-corrected chi connectivity index (χ2v) is 6.09. The van der Waals surface area contributed by atoms with Crippen LogP contribution in [0.3, 0.4) is 0 Å². The molecule has 1 aromatic heterocycles. The lowest BCUT2D eigenvalue weighted by atomic mass is 10.0. The molecule has 2 rings (SSSR count). The molecule has 2 atom stereocenters. The first-order chi connectivity index (χ1) is 9.56. The zero-order chi connectivity index (χ0) is 14.5. The van der Waals surface area contributed by atoms with Gasteiger partial charge >= 0.3 is 5.97 Å². The summed E-state index contributed by atoms with van der Waals surface area (Å²) in [5.41, 5.74) is 0. The number of carboxylic acid groups (broad SMARTS) is 1. The van der Waals surface area contributed by atoms with Crippen LogP contribution in [0.2, 0.25) is 0 Å². The van der Waals surface area contributed by atoms with E-state index in [1.807, 2.05) is 24.4 Å². The topological polar surface area (TPSA) is 66.8 Å². The first-order valence-electron chi connectivity index (χ1n) is 6.71. The molecule has 0 unspecified atom stereocenters. The van der Waals surface area contributed by atoms with Crippen LogP contribution in [0.25, 0.3) is 0 Å². The van der Waals surface area contributed by atoms with Crippen molar-refractivity contribution >= 4 is 23.2 Å². The Morgan fingerprint density at radius 1 is 1.60 bits per heavy atom. The number of rotatable bonds is 5. The van der Waals surface area contributed by atoms with E-state index in [9.17, 15) is 9.59 Å². The van der Waals surface area contributed by atoms with Crippen LogP contribution in [0.4, 0.5) is 0 Å². The number of carbonyl (C=O) groups excluding carboxylic acids is 1. The van der Waals surface area contributed by atoms with E-state index in [2.05, 4.69) is 0 Å². The highest BCUT2D eigenvalue weighted by Crippen LogP contribution is 2.18. The minimum absolute atomic E-state index is 0.0525. The second-order valence-electron chi connectivity index (χ2n) is 5.06. The maximum atomic E-state index is 12.4. The second kappa shape index (κ2) is 6.85. The molecule has 1 amide bonds. The number of amides is 1. The SMILES string of the molecule is C[C@@H](Cc1cccs1)C(=O)N1CCO[C@@H](CC(=O)O)C1. The Morgan fingerprint density at radius 2 is 2.40 bits per heavy atom. The molecule has 20 heavy (non-hydrogen) atoms. The van der Waals surface area contributed by atoms with E-state index in [0.29, 0.717) is 19.7 Å². The smallest absolute Gasteiger partial charge is 0.306 e. The van der Waals surface area contributed by atoms with Crippen LogP contribution >= 0.6 is 11.3 Å². The van der Waals surface area contributed by atoms with Crippen molar-refractivity contribution in [3.05, 3.63) is 22.4 Å². The van der Waals surface area contributed by atoms with Gasteiger partial charge in [-0.3, -0.25) is 9.59 Å². The van der Waals surface area contributed by atoms with Gasteiger partial charge in [0, 0.05) is 23.9 Å². The van der Waals surface area contributed by atoms with Gasteiger partial charge in [0.15, 0.2) is 0 Å². The van der Waals surface area contributed by atoms with Crippen molar-refractivity contribution in [1.29, 1.82) is 0 Å². The van der Waals surface area contributed by atoms with Crippen molar-refractivity contribution in [2.24, 2.45) is 5.92 Å². The number of ether oxygens (including phenoxy) is 1. The molecule has 110 valence electrons. The molecule has 1 aliphatic heterocycles. The molecule has 1 saturated heterocycles. The van der Waals surface area contributed by atoms with E-state index in [4.69, 9.17) is 9.84 Å².